The monoisotopic (exact) mass is 580 g/mol. The molecule has 3 heterocycles. The highest BCUT2D eigenvalue weighted by molar-refractivity contribution is 6.06. The van der Waals surface area contributed by atoms with Gasteiger partial charge >= 0.3 is 6.03 Å². The highest BCUT2D eigenvalue weighted by Crippen LogP contribution is 2.36. The lowest BCUT2D eigenvalue weighted by Crippen LogP contribution is -2.48. The molecular formula is C29H28N10O4. The first kappa shape index (κ1) is 27.5. The first-order valence-corrected chi connectivity index (χ1v) is 13.4. The van der Waals surface area contributed by atoms with E-state index < -0.39 is 17.5 Å². The van der Waals surface area contributed by atoms with Crippen LogP contribution in [0.25, 0.3) is 11.4 Å². The van der Waals surface area contributed by atoms with Crippen molar-refractivity contribution in [1.29, 1.82) is 0 Å². The highest BCUT2D eigenvalue weighted by Gasteiger charge is 2.55. The number of carbonyl (C=O) groups is 2. The summed E-state index contributed by atoms with van der Waals surface area (Å²) in [4.78, 5) is 31.0. The van der Waals surface area contributed by atoms with E-state index in [1.807, 2.05) is 66.7 Å². The Morgan fingerprint density at radius 1 is 0.721 bits per heavy atom. The van der Waals surface area contributed by atoms with Crippen LogP contribution in [0.1, 0.15) is 24.1 Å². The molecule has 1 saturated heterocycles. The first-order chi connectivity index (χ1) is 20.9. The third kappa shape index (κ3) is 5.03. The quantitative estimate of drug-likeness (QED) is 0.226. The summed E-state index contributed by atoms with van der Waals surface area (Å²) in [6.07, 6.45) is 0.185. The largest absolute Gasteiger partial charge is 0.493 e. The molecule has 14 heteroatoms. The summed E-state index contributed by atoms with van der Waals surface area (Å²) in [5.41, 5.74) is 0.884. The lowest BCUT2D eigenvalue weighted by Gasteiger charge is -2.31. The molecule has 1 fully saturated rings. The van der Waals surface area contributed by atoms with Crippen molar-refractivity contribution in [2.24, 2.45) is 0 Å². The number of aromatic nitrogens is 8. The van der Waals surface area contributed by atoms with Crippen molar-refractivity contribution in [1.82, 2.24) is 50.2 Å². The molecule has 3 aromatic carbocycles. The Bertz CT molecular complexity index is 1760. The Hall–Kier alpha value is -5.66. The van der Waals surface area contributed by atoms with Crippen LogP contribution in [0.2, 0.25) is 0 Å². The van der Waals surface area contributed by atoms with Gasteiger partial charge in [0.05, 0.1) is 38.7 Å². The molecule has 6 rings (SSSR count). The molecule has 0 aliphatic carbocycles. The molecule has 1 atom stereocenters. The van der Waals surface area contributed by atoms with E-state index in [-0.39, 0.29) is 19.5 Å². The van der Waals surface area contributed by atoms with Crippen molar-refractivity contribution in [3.8, 4) is 22.9 Å². The molecule has 5 aromatic rings. The summed E-state index contributed by atoms with van der Waals surface area (Å²) >= 11 is 0. The first-order valence-electron chi connectivity index (χ1n) is 13.4. The Labute approximate surface area is 246 Å². The van der Waals surface area contributed by atoms with Crippen LogP contribution >= 0.6 is 0 Å². The van der Waals surface area contributed by atoms with Crippen LogP contribution in [-0.4, -0.2) is 81.9 Å². The van der Waals surface area contributed by atoms with Gasteiger partial charge in [-0.2, -0.15) is 9.36 Å². The maximum Gasteiger partial charge on any atom is 0.328 e. The van der Waals surface area contributed by atoms with E-state index in [0.717, 1.165) is 11.3 Å². The van der Waals surface area contributed by atoms with Gasteiger partial charge in [0.25, 0.3) is 5.91 Å². The number of imide groups is 1. The number of nitrogens with zero attached hydrogens (tertiary/aromatic N) is 10. The van der Waals surface area contributed by atoms with Crippen LogP contribution in [0.5, 0.6) is 11.5 Å². The summed E-state index contributed by atoms with van der Waals surface area (Å²) in [5.74, 6) is 1.38. The Morgan fingerprint density at radius 2 is 1.28 bits per heavy atom. The van der Waals surface area contributed by atoms with E-state index in [1.54, 1.807) is 38.0 Å². The van der Waals surface area contributed by atoms with Gasteiger partial charge in [0.1, 0.15) is 5.54 Å². The summed E-state index contributed by atoms with van der Waals surface area (Å²) in [6, 6.07) is 23.5. The van der Waals surface area contributed by atoms with Gasteiger partial charge in [-0.3, -0.25) is 9.69 Å². The fourth-order valence-corrected chi connectivity index (χ4v) is 5.22. The van der Waals surface area contributed by atoms with Crippen LogP contribution in [0.4, 0.5) is 4.79 Å². The molecule has 0 saturated carbocycles. The van der Waals surface area contributed by atoms with Crippen molar-refractivity contribution in [2.75, 3.05) is 14.2 Å². The van der Waals surface area contributed by atoms with Gasteiger partial charge in [0.15, 0.2) is 23.1 Å². The maximum absolute atomic E-state index is 14.3. The smallest absolute Gasteiger partial charge is 0.328 e. The van der Waals surface area contributed by atoms with Gasteiger partial charge in [-0.1, -0.05) is 42.5 Å². The number of rotatable bonds is 10. The number of ether oxygens (including phenoxy) is 2. The average molecular weight is 581 g/mol. The number of carbonyl (C=O) groups excluding carboxylic acids is 2. The Balaban J connectivity index is 1.38. The number of urea groups is 1. The van der Waals surface area contributed by atoms with Crippen LogP contribution < -0.4 is 9.47 Å². The van der Waals surface area contributed by atoms with E-state index in [9.17, 15) is 9.59 Å². The summed E-state index contributed by atoms with van der Waals surface area (Å²) in [7, 11) is 3.10. The van der Waals surface area contributed by atoms with Gasteiger partial charge in [-0.15, -0.1) is 10.2 Å². The van der Waals surface area contributed by atoms with Crippen LogP contribution in [-0.2, 0) is 24.3 Å². The van der Waals surface area contributed by atoms with E-state index in [1.165, 1.54) is 14.5 Å². The Kier molecular flexibility index (Phi) is 7.24. The minimum atomic E-state index is -1.31. The molecule has 3 amide bonds. The van der Waals surface area contributed by atoms with E-state index in [4.69, 9.17) is 9.47 Å². The van der Waals surface area contributed by atoms with E-state index in [2.05, 4.69) is 31.1 Å². The minimum absolute atomic E-state index is 0.0314. The van der Waals surface area contributed by atoms with Crippen molar-refractivity contribution in [3.63, 3.8) is 0 Å². The zero-order valence-electron chi connectivity index (χ0n) is 23.7. The maximum atomic E-state index is 14.3. The molecule has 1 aliphatic heterocycles. The molecule has 0 radical (unpaired) electrons. The number of tetrazole rings is 2. The molecule has 218 valence electrons. The van der Waals surface area contributed by atoms with Gasteiger partial charge in [0.2, 0.25) is 0 Å². The Morgan fingerprint density at radius 3 is 1.84 bits per heavy atom. The van der Waals surface area contributed by atoms with E-state index >= 15 is 0 Å². The average Bonchev–Trinajstić information content (AvgIpc) is 3.75. The molecule has 1 aliphatic rings. The molecule has 2 aromatic heterocycles. The topological polar surface area (TPSA) is 146 Å². The molecule has 1 unspecified atom stereocenters. The zero-order chi connectivity index (χ0) is 30.0. The van der Waals surface area contributed by atoms with Gasteiger partial charge in [-0.25, -0.2) is 4.79 Å². The number of methoxy groups -OCH3 is 2. The minimum Gasteiger partial charge on any atom is -0.493 e. The van der Waals surface area contributed by atoms with Crippen molar-refractivity contribution >= 4 is 11.9 Å². The molecule has 0 spiro atoms. The summed E-state index contributed by atoms with van der Waals surface area (Å²) < 4.78 is 13.9. The van der Waals surface area contributed by atoms with Crippen molar-refractivity contribution in [2.45, 2.75) is 32.0 Å². The van der Waals surface area contributed by atoms with Gasteiger partial charge in [0, 0.05) is 6.42 Å². The lowest BCUT2D eigenvalue weighted by molar-refractivity contribution is -0.133. The van der Waals surface area contributed by atoms with E-state index in [0.29, 0.717) is 28.8 Å². The van der Waals surface area contributed by atoms with Crippen LogP contribution in [0.3, 0.4) is 0 Å². The number of para-hydroxylation sites is 2. The second-order valence-corrected chi connectivity index (χ2v) is 10.1. The number of benzene rings is 3. The normalized spacial score (nSPS) is 16.6. The third-order valence-electron chi connectivity index (χ3n) is 7.43. The van der Waals surface area contributed by atoms with Crippen LogP contribution in [0, 0.1) is 0 Å². The van der Waals surface area contributed by atoms with Gasteiger partial charge < -0.3 is 14.4 Å². The molecule has 0 bridgehead atoms. The highest BCUT2D eigenvalue weighted by atomic mass is 16.5. The number of hydrogen-bond donors (Lipinski definition) is 0. The predicted molar refractivity (Wildman–Crippen MR) is 151 cm³/mol. The number of amides is 3. The fourth-order valence-electron chi connectivity index (χ4n) is 5.22. The van der Waals surface area contributed by atoms with Gasteiger partial charge in [-0.05, 0) is 69.7 Å². The second kappa shape index (κ2) is 11.3. The third-order valence-corrected chi connectivity index (χ3v) is 7.43. The zero-order valence-corrected chi connectivity index (χ0v) is 23.7. The summed E-state index contributed by atoms with van der Waals surface area (Å²) in [5, 5.41) is 24.2. The fraction of sp³-hybridized carbons (Fsp3) is 0.241. The number of hydrogen-bond acceptors (Lipinski definition) is 10. The standard InChI is InChI=1S/C29H28N10O4/c1-29(17-20-14-15-23(42-2)24(16-20)43-3)27(40)36(18-25-30-32-34-38(25)21-10-6-4-7-11-21)28(41)37(29)19-26-31-33-35-39(26)22-12-8-5-9-13-22/h4-16H,17-19H2,1-3H3. The lowest BCUT2D eigenvalue weighted by atomic mass is 9.91. The van der Waals surface area contributed by atoms with Crippen molar-refractivity contribution < 1.29 is 19.1 Å². The summed E-state index contributed by atoms with van der Waals surface area (Å²) in [6.45, 7) is 1.57. The molecule has 14 nitrogen and oxygen atoms in total. The molecule has 43 heavy (non-hydrogen) atoms. The second-order valence-electron chi connectivity index (χ2n) is 10.1. The molecular weight excluding hydrogens is 552 g/mol. The SMILES string of the molecule is COc1ccc(CC2(C)C(=O)N(Cc3nnnn3-c3ccccc3)C(=O)N2Cc2nnnn2-c2ccccc2)cc1OC. The molecule has 0 N–H and O–H groups in total. The van der Waals surface area contributed by atoms with Crippen LogP contribution in [0.15, 0.2) is 78.9 Å². The van der Waals surface area contributed by atoms with Crippen molar-refractivity contribution in [3.05, 3.63) is 96.1 Å². The predicted octanol–water partition coefficient (Wildman–Crippen LogP) is 2.62.